The number of hydrogen-bond donors (Lipinski definition) is 4. The summed E-state index contributed by atoms with van der Waals surface area (Å²) in [6.07, 6.45) is 0. The van der Waals surface area contributed by atoms with E-state index in [1.807, 2.05) is 55.5 Å². The molecular formula is C17H19N5OS. The van der Waals surface area contributed by atoms with E-state index in [2.05, 4.69) is 21.2 Å². The Kier molecular flexibility index (Phi) is 5.86. The number of nitrogens with zero attached hydrogens (tertiary/aromatic N) is 1. The molecule has 6 nitrogen and oxygen atoms in total. The van der Waals surface area contributed by atoms with Gasteiger partial charge in [-0.15, -0.1) is 0 Å². The van der Waals surface area contributed by atoms with Crippen molar-refractivity contribution >= 4 is 40.4 Å². The van der Waals surface area contributed by atoms with E-state index in [4.69, 9.17) is 18.0 Å². The number of amides is 2. The topological polar surface area (TPSA) is 91.5 Å². The maximum atomic E-state index is 10.7. The van der Waals surface area contributed by atoms with Gasteiger partial charge >= 0.3 is 6.03 Å². The highest BCUT2D eigenvalue weighted by Crippen LogP contribution is 2.13. The van der Waals surface area contributed by atoms with Crippen LogP contribution in [-0.4, -0.2) is 16.9 Å². The van der Waals surface area contributed by atoms with Crippen LogP contribution in [0.1, 0.15) is 18.1 Å². The molecule has 0 saturated carbocycles. The van der Waals surface area contributed by atoms with Gasteiger partial charge in [-0.05, 0) is 55.9 Å². The number of carbonyl (C=O) groups excluding carboxylic acids is 1. The average Bonchev–Trinajstić information content (AvgIpc) is 2.55. The number of primary amides is 1. The summed E-state index contributed by atoms with van der Waals surface area (Å²) < 4.78 is 0. The number of thiocarbonyl (C=S) groups is 1. The Morgan fingerprint density at radius 2 is 1.50 bits per heavy atom. The third kappa shape index (κ3) is 5.36. The number of urea groups is 1. The minimum Gasteiger partial charge on any atom is -0.350 e. The molecule has 2 amide bonds. The Morgan fingerprint density at radius 3 is 2.00 bits per heavy atom. The van der Waals surface area contributed by atoms with Gasteiger partial charge in [0.25, 0.3) is 0 Å². The predicted molar refractivity (Wildman–Crippen MR) is 102 cm³/mol. The van der Waals surface area contributed by atoms with Crippen LogP contribution in [0.15, 0.2) is 53.6 Å². The average molecular weight is 341 g/mol. The lowest BCUT2D eigenvalue weighted by Crippen LogP contribution is -2.25. The van der Waals surface area contributed by atoms with E-state index in [1.54, 1.807) is 6.92 Å². The Morgan fingerprint density at radius 1 is 1.00 bits per heavy atom. The van der Waals surface area contributed by atoms with Crippen LogP contribution in [0.4, 0.5) is 16.2 Å². The van der Waals surface area contributed by atoms with Crippen LogP contribution in [0.3, 0.4) is 0 Å². The summed E-state index contributed by atoms with van der Waals surface area (Å²) >= 11 is 5.30. The lowest BCUT2D eigenvalue weighted by atomic mass is 10.1. The summed E-state index contributed by atoms with van der Waals surface area (Å²) in [5.74, 6) is 0. The zero-order valence-corrected chi connectivity index (χ0v) is 14.3. The zero-order chi connectivity index (χ0) is 17.5. The first-order valence-electron chi connectivity index (χ1n) is 7.29. The van der Waals surface area contributed by atoms with Crippen molar-refractivity contribution in [3.63, 3.8) is 0 Å². The van der Waals surface area contributed by atoms with Crippen molar-refractivity contribution in [2.75, 3.05) is 10.6 Å². The number of nitrogens with one attached hydrogen (secondary N) is 3. The molecule has 0 aliphatic heterocycles. The van der Waals surface area contributed by atoms with Gasteiger partial charge in [-0.3, -0.25) is 0 Å². The van der Waals surface area contributed by atoms with Crippen LogP contribution in [0.2, 0.25) is 0 Å². The molecular weight excluding hydrogens is 322 g/mol. The fraction of sp³-hybridized carbons (Fsp3) is 0.118. The highest BCUT2D eigenvalue weighted by atomic mass is 32.1. The molecule has 2 rings (SSSR count). The highest BCUT2D eigenvalue weighted by Gasteiger charge is 2.02. The van der Waals surface area contributed by atoms with Gasteiger partial charge in [0.1, 0.15) is 0 Å². The third-order valence-electron chi connectivity index (χ3n) is 3.20. The molecule has 0 spiro atoms. The van der Waals surface area contributed by atoms with Gasteiger partial charge in [-0.2, -0.15) is 5.10 Å². The molecule has 124 valence electrons. The third-order valence-corrected chi connectivity index (χ3v) is 3.41. The number of hydrogen-bond acceptors (Lipinski definition) is 3. The number of aryl methyl sites for hydroxylation is 1. The molecule has 5 N–H and O–H groups in total. The number of rotatable bonds is 4. The van der Waals surface area contributed by atoms with Crippen molar-refractivity contribution in [2.45, 2.75) is 13.8 Å². The number of anilines is 2. The number of benzene rings is 2. The summed E-state index contributed by atoms with van der Waals surface area (Å²) in [6.45, 7) is 3.81. The lowest BCUT2D eigenvalue weighted by molar-refractivity contribution is 0.249. The van der Waals surface area contributed by atoms with Gasteiger partial charge in [0.05, 0.1) is 5.71 Å². The van der Waals surface area contributed by atoms with Gasteiger partial charge in [0.2, 0.25) is 0 Å². The summed E-state index contributed by atoms with van der Waals surface area (Å²) in [5.41, 5.74) is 11.7. The first-order valence-corrected chi connectivity index (χ1v) is 7.70. The molecule has 0 fully saturated rings. The Hall–Kier alpha value is -2.93. The molecule has 0 radical (unpaired) electrons. The quantitative estimate of drug-likeness (QED) is 0.390. The van der Waals surface area contributed by atoms with Crippen molar-refractivity contribution in [1.82, 2.24) is 5.43 Å². The van der Waals surface area contributed by atoms with E-state index in [-0.39, 0.29) is 0 Å². The van der Waals surface area contributed by atoms with Gasteiger partial charge in [0.15, 0.2) is 5.11 Å². The van der Waals surface area contributed by atoms with E-state index >= 15 is 0 Å². The van der Waals surface area contributed by atoms with Crippen molar-refractivity contribution in [1.29, 1.82) is 0 Å². The van der Waals surface area contributed by atoms with E-state index in [9.17, 15) is 4.79 Å². The van der Waals surface area contributed by atoms with Crippen LogP contribution < -0.4 is 21.8 Å². The van der Waals surface area contributed by atoms with Crippen molar-refractivity contribution in [3.8, 4) is 0 Å². The number of carbonyl (C=O) groups is 1. The molecule has 0 unspecified atom stereocenters. The summed E-state index contributed by atoms with van der Waals surface area (Å²) in [6, 6.07) is 14.8. The minimum atomic E-state index is -0.694. The Balaban J connectivity index is 1.95. The first kappa shape index (κ1) is 17.4. The minimum absolute atomic E-state index is 0.507. The summed E-state index contributed by atoms with van der Waals surface area (Å²) in [4.78, 5) is 10.7. The smallest absolute Gasteiger partial charge is 0.332 e. The lowest BCUT2D eigenvalue weighted by Gasteiger charge is -2.11. The molecule has 24 heavy (non-hydrogen) atoms. The highest BCUT2D eigenvalue weighted by molar-refractivity contribution is 7.80. The van der Waals surface area contributed by atoms with Crippen LogP contribution >= 0.6 is 12.2 Å². The monoisotopic (exact) mass is 341 g/mol. The van der Waals surface area contributed by atoms with E-state index < -0.39 is 6.03 Å². The molecule has 0 aliphatic rings. The Labute approximate surface area is 146 Å². The first-order chi connectivity index (χ1) is 11.4. The molecule has 2 aromatic rings. The van der Waals surface area contributed by atoms with Crippen molar-refractivity contribution < 1.29 is 4.79 Å². The maximum absolute atomic E-state index is 10.7. The second-order valence-corrected chi connectivity index (χ2v) is 5.60. The van der Waals surface area contributed by atoms with Crippen LogP contribution in [-0.2, 0) is 0 Å². The second kappa shape index (κ2) is 8.07. The van der Waals surface area contributed by atoms with Crippen molar-refractivity contribution in [2.24, 2.45) is 10.8 Å². The van der Waals surface area contributed by atoms with Crippen molar-refractivity contribution in [3.05, 3.63) is 59.7 Å². The van der Waals surface area contributed by atoms with E-state index in [0.717, 1.165) is 16.9 Å². The fourth-order valence-electron chi connectivity index (χ4n) is 1.93. The molecule has 0 bridgehead atoms. The standard InChI is InChI=1S/C17H19N5OS/c1-11-3-7-14(8-4-11)19-17(24)20-15-9-5-13(6-10-15)12(2)21-22-16(18)23/h3-10H,1-2H3,(H3,18,22,23)(H2,19,20,24)/b21-12-. The van der Waals surface area contributed by atoms with Gasteiger partial charge in [0, 0.05) is 11.4 Å². The maximum Gasteiger partial charge on any atom is 0.332 e. The normalized spacial score (nSPS) is 10.8. The number of nitrogens with two attached hydrogens (primary N) is 1. The number of hydrazone groups is 1. The molecule has 0 aromatic heterocycles. The Bertz CT molecular complexity index is 754. The van der Waals surface area contributed by atoms with Gasteiger partial charge in [-0.25, -0.2) is 10.2 Å². The molecule has 0 atom stereocenters. The summed E-state index contributed by atoms with van der Waals surface area (Å²) in [7, 11) is 0. The van der Waals surface area contributed by atoms with Crippen LogP contribution in [0.25, 0.3) is 0 Å². The molecule has 0 aliphatic carbocycles. The second-order valence-electron chi connectivity index (χ2n) is 5.20. The van der Waals surface area contributed by atoms with Gasteiger partial charge in [-0.1, -0.05) is 29.8 Å². The largest absolute Gasteiger partial charge is 0.350 e. The molecule has 0 saturated heterocycles. The molecule has 0 heterocycles. The SMILES string of the molecule is C/C(=N/NC(N)=O)c1ccc(NC(=S)Nc2ccc(C)cc2)cc1. The van der Waals surface area contributed by atoms with E-state index in [0.29, 0.717) is 10.8 Å². The summed E-state index contributed by atoms with van der Waals surface area (Å²) in [5, 5.41) is 10.6. The van der Waals surface area contributed by atoms with Crippen LogP contribution in [0.5, 0.6) is 0 Å². The zero-order valence-electron chi connectivity index (χ0n) is 13.5. The molecule has 7 heteroatoms. The predicted octanol–water partition coefficient (Wildman–Crippen LogP) is 3.20. The van der Waals surface area contributed by atoms with Crippen LogP contribution in [0, 0.1) is 6.92 Å². The van der Waals surface area contributed by atoms with Gasteiger partial charge < -0.3 is 16.4 Å². The fourth-order valence-corrected chi connectivity index (χ4v) is 2.16. The molecule has 2 aromatic carbocycles. The van der Waals surface area contributed by atoms with E-state index in [1.165, 1.54) is 5.56 Å².